The van der Waals surface area contributed by atoms with Gasteiger partial charge in [-0.3, -0.25) is 9.59 Å². The lowest BCUT2D eigenvalue weighted by atomic mass is 10.1. The minimum absolute atomic E-state index is 0.0962. The quantitative estimate of drug-likeness (QED) is 0.516. The summed E-state index contributed by atoms with van der Waals surface area (Å²) >= 11 is 5.97. The minimum Gasteiger partial charge on any atom is -0.497 e. The molecule has 0 aliphatic carbocycles. The Balaban J connectivity index is 1.76. The van der Waals surface area contributed by atoms with E-state index in [-0.39, 0.29) is 17.9 Å². The van der Waals surface area contributed by atoms with Gasteiger partial charge in [-0.25, -0.2) is 0 Å². The highest BCUT2D eigenvalue weighted by Crippen LogP contribution is 2.22. The lowest BCUT2D eigenvalue weighted by molar-refractivity contribution is 0.0951. The van der Waals surface area contributed by atoms with Crippen LogP contribution in [-0.4, -0.2) is 17.6 Å². The first-order chi connectivity index (χ1) is 14.6. The zero-order valence-corrected chi connectivity index (χ0v) is 17.0. The molecule has 1 amide bonds. The summed E-state index contributed by atoms with van der Waals surface area (Å²) in [5, 5.41) is 3.84. The van der Waals surface area contributed by atoms with Crippen LogP contribution in [0, 0.1) is 0 Å². The van der Waals surface area contributed by atoms with Crippen molar-refractivity contribution in [3.05, 3.63) is 105 Å². The zero-order chi connectivity index (χ0) is 21.1. The van der Waals surface area contributed by atoms with Gasteiger partial charge in [-0.15, -0.1) is 0 Å². The molecular formula is C24H19ClN2O3. The van der Waals surface area contributed by atoms with Crippen LogP contribution in [0.5, 0.6) is 5.75 Å². The Hall–Kier alpha value is -3.57. The molecular weight excluding hydrogens is 400 g/mol. The molecule has 0 atom stereocenters. The third-order valence-corrected chi connectivity index (χ3v) is 5.08. The van der Waals surface area contributed by atoms with Crippen LogP contribution in [0.4, 0.5) is 0 Å². The number of hydrogen-bond donors (Lipinski definition) is 1. The van der Waals surface area contributed by atoms with Crippen LogP contribution in [0.2, 0.25) is 5.02 Å². The summed E-state index contributed by atoms with van der Waals surface area (Å²) in [5.41, 5.74) is 2.42. The number of carbonyl (C=O) groups excluding carboxylic acids is 1. The maximum Gasteiger partial charge on any atom is 0.251 e. The van der Waals surface area contributed by atoms with Crippen LogP contribution in [0.15, 0.2) is 83.8 Å². The Labute approximate surface area is 178 Å². The van der Waals surface area contributed by atoms with E-state index in [1.165, 1.54) is 0 Å². The van der Waals surface area contributed by atoms with E-state index in [9.17, 15) is 9.59 Å². The van der Waals surface area contributed by atoms with E-state index < -0.39 is 0 Å². The van der Waals surface area contributed by atoms with Crippen LogP contribution in [0.25, 0.3) is 16.6 Å². The summed E-state index contributed by atoms with van der Waals surface area (Å²) in [5.74, 6) is 0.367. The number of nitrogens with zero attached hydrogens (tertiary/aromatic N) is 1. The van der Waals surface area contributed by atoms with Gasteiger partial charge in [0.05, 0.1) is 12.6 Å². The van der Waals surface area contributed by atoms with E-state index in [4.69, 9.17) is 16.3 Å². The monoisotopic (exact) mass is 418 g/mol. The SMILES string of the molecule is COc1ccc2c(=O)c(CNC(=O)c3cccc(Cl)c3)cn(-c3ccccc3)c2c1. The molecule has 6 heteroatoms. The fourth-order valence-electron chi connectivity index (χ4n) is 3.32. The van der Waals surface area contributed by atoms with E-state index >= 15 is 0 Å². The van der Waals surface area contributed by atoms with Crippen LogP contribution in [0.1, 0.15) is 15.9 Å². The Bertz CT molecular complexity index is 1280. The van der Waals surface area contributed by atoms with Crippen LogP contribution >= 0.6 is 11.6 Å². The largest absolute Gasteiger partial charge is 0.497 e. The van der Waals surface area contributed by atoms with Gasteiger partial charge in [0.25, 0.3) is 5.91 Å². The third kappa shape index (κ3) is 3.93. The summed E-state index contributed by atoms with van der Waals surface area (Å²) in [6.07, 6.45) is 1.76. The molecule has 1 N–H and O–H groups in total. The molecule has 1 heterocycles. The maximum absolute atomic E-state index is 13.1. The molecule has 3 aromatic carbocycles. The van der Waals surface area contributed by atoms with Gasteiger partial charge in [0, 0.05) is 46.0 Å². The molecule has 0 bridgehead atoms. The second-order valence-corrected chi connectivity index (χ2v) is 7.20. The number of methoxy groups -OCH3 is 1. The predicted octanol–water partition coefficient (Wildman–Crippen LogP) is 4.58. The molecule has 0 spiro atoms. The molecule has 5 nitrogen and oxygen atoms in total. The molecule has 1 aromatic heterocycles. The minimum atomic E-state index is -0.294. The molecule has 4 aromatic rings. The van der Waals surface area contributed by atoms with E-state index in [1.807, 2.05) is 41.0 Å². The molecule has 0 aliphatic rings. The molecule has 0 saturated carbocycles. The first kappa shape index (κ1) is 19.7. The normalized spacial score (nSPS) is 10.7. The van der Waals surface area contributed by atoms with Crippen molar-refractivity contribution in [2.24, 2.45) is 0 Å². The van der Waals surface area contributed by atoms with Crippen LogP contribution in [0.3, 0.4) is 0 Å². The van der Waals surface area contributed by atoms with Crippen molar-refractivity contribution in [2.75, 3.05) is 7.11 Å². The van der Waals surface area contributed by atoms with Gasteiger partial charge in [-0.1, -0.05) is 35.9 Å². The summed E-state index contributed by atoms with van der Waals surface area (Å²) in [6.45, 7) is 0.0962. The second kappa shape index (κ2) is 8.43. The molecule has 0 aliphatic heterocycles. The number of hydrogen-bond acceptors (Lipinski definition) is 3. The number of amides is 1. The van der Waals surface area contributed by atoms with Gasteiger partial charge in [0.2, 0.25) is 0 Å². The highest BCUT2D eigenvalue weighted by molar-refractivity contribution is 6.30. The summed E-state index contributed by atoms with van der Waals surface area (Å²) in [4.78, 5) is 25.6. The van der Waals surface area contributed by atoms with Crippen molar-refractivity contribution < 1.29 is 9.53 Å². The van der Waals surface area contributed by atoms with E-state index in [0.717, 1.165) is 11.2 Å². The second-order valence-electron chi connectivity index (χ2n) is 6.77. The average Bonchev–Trinajstić information content (AvgIpc) is 2.78. The third-order valence-electron chi connectivity index (χ3n) is 4.85. The number of benzene rings is 3. The Morgan fingerprint density at radius 3 is 2.57 bits per heavy atom. The number of fused-ring (bicyclic) bond motifs is 1. The standard InChI is InChI=1S/C24H19ClN2O3/c1-30-20-10-11-21-22(13-20)27(19-8-3-2-4-9-19)15-17(23(21)28)14-26-24(29)16-6-5-7-18(25)12-16/h2-13,15H,14H2,1H3,(H,26,29). The van der Waals surface area contributed by atoms with Crippen molar-refractivity contribution in [1.29, 1.82) is 0 Å². The topological polar surface area (TPSA) is 60.3 Å². The Morgan fingerprint density at radius 1 is 1.03 bits per heavy atom. The van der Waals surface area contributed by atoms with Crippen LogP contribution in [-0.2, 0) is 6.54 Å². The number of halogens is 1. The van der Waals surface area contributed by atoms with Crippen molar-refractivity contribution in [3.8, 4) is 11.4 Å². The number of carbonyl (C=O) groups is 1. The zero-order valence-electron chi connectivity index (χ0n) is 16.3. The fraction of sp³-hybridized carbons (Fsp3) is 0.0833. The highest BCUT2D eigenvalue weighted by Gasteiger charge is 2.13. The van der Waals surface area contributed by atoms with E-state index in [2.05, 4.69) is 5.32 Å². The molecule has 0 fully saturated rings. The van der Waals surface area contributed by atoms with E-state index in [0.29, 0.717) is 27.3 Å². The van der Waals surface area contributed by atoms with Crippen molar-refractivity contribution in [2.45, 2.75) is 6.54 Å². The molecule has 30 heavy (non-hydrogen) atoms. The smallest absolute Gasteiger partial charge is 0.251 e. The van der Waals surface area contributed by atoms with Crippen molar-refractivity contribution in [1.82, 2.24) is 9.88 Å². The lowest BCUT2D eigenvalue weighted by Gasteiger charge is -2.15. The van der Waals surface area contributed by atoms with Crippen LogP contribution < -0.4 is 15.5 Å². The summed E-state index contributed by atoms with van der Waals surface area (Å²) in [6, 6.07) is 21.7. The number of aromatic nitrogens is 1. The van der Waals surface area contributed by atoms with Gasteiger partial charge >= 0.3 is 0 Å². The van der Waals surface area contributed by atoms with Gasteiger partial charge in [-0.05, 0) is 42.5 Å². The van der Waals surface area contributed by atoms with Crippen molar-refractivity contribution in [3.63, 3.8) is 0 Å². The molecule has 0 unspecified atom stereocenters. The summed E-state index contributed by atoms with van der Waals surface area (Å²) in [7, 11) is 1.59. The summed E-state index contributed by atoms with van der Waals surface area (Å²) < 4.78 is 7.27. The molecule has 4 rings (SSSR count). The number of ether oxygens (including phenoxy) is 1. The Morgan fingerprint density at radius 2 is 1.83 bits per heavy atom. The first-order valence-corrected chi connectivity index (χ1v) is 9.76. The van der Waals surface area contributed by atoms with Gasteiger partial charge in [0.1, 0.15) is 5.75 Å². The Kier molecular flexibility index (Phi) is 5.55. The van der Waals surface area contributed by atoms with Gasteiger partial charge in [-0.2, -0.15) is 0 Å². The first-order valence-electron chi connectivity index (χ1n) is 9.38. The number of para-hydroxylation sites is 1. The highest BCUT2D eigenvalue weighted by atomic mass is 35.5. The maximum atomic E-state index is 13.1. The average molecular weight is 419 g/mol. The lowest BCUT2D eigenvalue weighted by Crippen LogP contribution is -2.27. The fourth-order valence-corrected chi connectivity index (χ4v) is 3.51. The van der Waals surface area contributed by atoms with E-state index in [1.54, 1.807) is 49.7 Å². The van der Waals surface area contributed by atoms with Crippen molar-refractivity contribution >= 4 is 28.4 Å². The van der Waals surface area contributed by atoms with Gasteiger partial charge in [0.15, 0.2) is 5.43 Å². The van der Waals surface area contributed by atoms with Gasteiger partial charge < -0.3 is 14.6 Å². The molecule has 150 valence electrons. The molecule has 0 radical (unpaired) electrons. The number of rotatable bonds is 5. The predicted molar refractivity (Wildman–Crippen MR) is 119 cm³/mol. The molecule has 0 saturated heterocycles. The number of pyridine rings is 1. The number of nitrogens with one attached hydrogen (secondary N) is 1.